The van der Waals surface area contributed by atoms with E-state index in [1.807, 2.05) is 29.5 Å². The Labute approximate surface area is 102 Å². The summed E-state index contributed by atoms with van der Waals surface area (Å²) in [5.74, 6) is -0.305. The summed E-state index contributed by atoms with van der Waals surface area (Å²) >= 11 is 1.89. The molecule has 0 bridgehead atoms. The zero-order chi connectivity index (χ0) is 11.4. The van der Waals surface area contributed by atoms with E-state index in [0.717, 1.165) is 6.42 Å². The molecule has 0 aliphatic carbocycles. The fraction of sp³-hybridized carbons (Fsp3) is 0.400. The van der Waals surface area contributed by atoms with Crippen molar-refractivity contribution in [2.45, 2.75) is 19.4 Å². The third-order valence-electron chi connectivity index (χ3n) is 2.17. The lowest BCUT2D eigenvalue weighted by Crippen LogP contribution is -2.23. The molecule has 1 rings (SSSR count). The van der Waals surface area contributed by atoms with E-state index in [0.29, 0.717) is 14.9 Å². The maximum Gasteiger partial charge on any atom is 0.138 e. The van der Waals surface area contributed by atoms with Crippen LogP contribution in [0.15, 0.2) is 12.1 Å². The quantitative estimate of drug-likeness (QED) is 0.588. The van der Waals surface area contributed by atoms with Gasteiger partial charge in [0.25, 0.3) is 0 Å². The molecule has 15 heavy (non-hydrogen) atoms. The molecule has 1 aromatic carbocycles. The first kappa shape index (κ1) is 12.5. The summed E-state index contributed by atoms with van der Waals surface area (Å²) in [5, 5.41) is 12.0. The van der Waals surface area contributed by atoms with Crippen molar-refractivity contribution in [3.8, 4) is 0 Å². The Balaban J connectivity index is 2.89. The minimum absolute atomic E-state index is 0.00352. The average Bonchev–Trinajstić information content (AvgIpc) is 2.21. The molecule has 0 spiro atoms. The Kier molecular flexibility index (Phi) is 4.59. The number of aliphatic hydroxyl groups excluding tert-OH is 1. The van der Waals surface area contributed by atoms with Crippen LogP contribution >= 0.6 is 22.6 Å². The lowest BCUT2D eigenvalue weighted by Gasteiger charge is -2.17. The zero-order valence-corrected chi connectivity index (χ0v) is 10.6. The van der Waals surface area contributed by atoms with Crippen LogP contribution < -0.4 is 11.1 Å². The van der Waals surface area contributed by atoms with Crippen molar-refractivity contribution in [1.82, 2.24) is 0 Å². The number of halogens is 2. The van der Waals surface area contributed by atoms with Gasteiger partial charge in [0, 0.05) is 12.1 Å². The smallest absolute Gasteiger partial charge is 0.138 e. The molecular weight excluding hydrogens is 310 g/mol. The number of benzene rings is 1. The first-order chi connectivity index (χ1) is 7.08. The van der Waals surface area contributed by atoms with Gasteiger partial charge in [0.1, 0.15) is 5.82 Å². The van der Waals surface area contributed by atoms with Crippen LogP contribution in [0.4, 0.5) is 15.8 Å². The molecule has 4 N–H and O–H groups in total. The van der Waals surface area contributed by atoms with Gasteiger partial charge >= 0.3 is 0 Å². The van der Waals surface area contributed by atoms with Gasteiger partial charge in [-0.1, -0.05) is 6.92 Å². The van der Waals surface area contributed by atoms with E-state index in [9.17, 15) is 4.39 Å². The number of hydrogen-bond acceptors (Lipinski definition) is 3. The first-order valence-electron chi connectivity index (χ1n) is 4.70. The molecule has 0 amide bonds. The van der Waals surface area contributed by atoms with Gasteiger partial charge in [-0.15, -0.1) is 0 Å². The van der Waals surface area contributed by atoms with Crippen molar-refractivity contribution in [1.29, 1.82) is 0 Å². The molecule has 0 aromatic heterocycles. The fourth-order valence-electron chi connectivity index (χ4n) is 1.18. The van der Waals surface area contributed by atoms with Crippen LogP contribution in [0.2, 0.25) is 0 Å². The number of nitrogen functional groups attached to an aromatic ring is 1. The summed E-state index contributed by atoms with van der Waals surface area (Å²) in [6.45, 7) is 1.94. The maximum absolute atomic E-state index is 13.3. The predicted octanol–water partition coefficient (Wildman–Crippen LogP) is 2.20. The molecule has 0 saturated heterocycles. The van der Waals surface area contributed by atoms with E-state index < -0.39 is 0 Å². The molecule has 0 radical (unpaired) electrons. The zero-order valence-electron chi connectivity index (χ0n) is 8.43. The van der Waals surface area contributed by atoms with Crippen molar-refractivity contribution in [3.05, 3.63) is 21.5 Å². The summed E-state index contributed by atoms with van der Waals surface area (Å²) in [6.07, 6.45) is 0.754. The van der Waals surface area contributed by atoms with Gasteiger partial charge in [-0.05, 0) is 35.1 Å². The fourth-order valence-corrected chi connectivity index (χ4v) is 1.68. The summed E-state index contributed by atoms with van der Waals surface area (Å²) in [7, 11) is 0. The Morgan fingerprint density at radius 2 is 2.27 bits per heavy atom. The van der Waals surface area contributed by atoms with Crippen LogP contribution in [-0.2, 0) is 0 Å². The van der Waals surface area contributed by atoms with E-state index in [4.69, 9.17) is 10.8 Å². The second kappa shape index (κ2) is 5.50. The van der Waals surface area contributed by atoms with Crippen LogP contribution in [0.1, 0.15) is 13.3 Å². The number of aliphatic hydroxyl groups is 1. The molecule has 1 atom stereocenters. The highest BCUT2D eigenvalue weighted by atomic mass is 127. The molecule has 3 nitrogen and oxygen atoms in total. The molecule has 0 aliphatic heterocycles. The number of anilines is 2. The van der Waals surface area contributed by atoms with Gasteiger partial charge in [0.2, 0.25) is 0 Å². The third kappa shape index (κ3) is 3.20. The van der Waals surface area contributed by atoms with E-state index in [2.05, 4.69) is 5.32 Å². The molecule has 0 fully saturated rings. The summed E-state index contributed by atoms with van der Waals surface area (Å²) in [4.78, 5) is 0. The molecule has 0 saturated carbocycles. The van der Waals surface area contributed by atoms with Gasteiger partial charge in [0.15, 0.2) is 0 Å². The Morgan fingerprint density at radius 1 is 1.60 bits per heavy atom. The highest BCUT2D eigenvalue weighted by molar-refractivity contribution is 14.1. The molecule has 84 valence electrons. The van der Waals surface area contributed by atoms with Crippen molar-refractivity contribution >= 4 is 34.0 Å². The lowest BCUT2D eigenvalue weighted by atomic mass is 10.2. The van der Waals surface area contributed by atoms with Crippen LogP contribution in [0.5, 0.6) is 0 Å². The average molecular weight is 324 g/mol. The minimum Gasteiger partial charge on any atom is -0.397 e. The van der Waals surface area contributed by atoms with Gasteiger partial charge in [-0.3, -0.25) is 0 Å². The van der Waals surface area contributed by atoms with Crippen LogP contribution in [0.25, 0.3) is 0 Å². The summed E-state index contributed by atoms with van der Waals surface area (Å²) in [5.41, 5.74) is 6.76. The second-order valence-electron chi connectivity index (χ2n) is 3.29. The van der Waals surface area contributed by atoms with Crippen molar-refractivity contribution < 1.29 is 9.50 Å². The van der Waals surface area contributed by atoms with E-state index in [1.54, 1.807) is 6.07 Å². The molecule has 1 aromatic rings. The van der Waals surface area contributed by atoms with Gasteiger partial charge in [-0.25, -0.2) is 4.39 Å². The van der Waals surface area contributed by atoms with Crippen molar-refractivity contribution in [3.63, 3.8) is 0 Å². The molecule has 0 heterocycles. The lowest BCUT2D eigenvalue weighted by molar-refractivity contribution is 0.272. The summed E-state index contributed by atoms with van der Waals surface area (Å²) < 4.78 is 13.7. The number of rotatable bonds is 4. The molecule has 5 heteroatoms. The topological polar surface area (TPSA) is 58.3 Å². The van der Waals surface area contributed by atoms with Gasteiger partial charge in [-0.2, -0.15) is 0 Å². The van der Waals surface area contributed by atoms with E-state index in [1.165, 1.54) is 6.07 Å². The van der Waals surface area contributed by atoms with Crippen molar-refractivity contribution in [2.24, 2.45) is 0 Å². The van der Waals surface area contributed by atoms with Crippen LogP contribution in [0.3, 0.4) is 0 Å². The predicted molar refractivity (Wildman–Crippen MR) is 68.3 cm³/mol. The molecular formula is C10H14FIN2O. The highest BCUT2D eigenvalue weighted by Crippen LogP contribution is 2.24. The molecule has 0 aliphatic rings. The van der Waals surface area contributed by atoms with Crippen LogP contribution in [-0.4, -0.2) is 17.8 Å². The van der Waals surface area contributed by atoms with Gasteiger partial charge in [0.05, 0.1) is 21.6 Å². The van der Waals surface area contributed by atoms with Gasteiger partial charge < -0.3 is 16.2 Å². The number of nitrogens with two attached hydrogens (primary N) is 1. The maximum atomic E-state index is 13.3. The van der Waals surface area contributed by atoms with Crippen molar-refractivity contribution in [2.75, 3.05) is 17.7 Å². The third-order valence-corrected chi connectivity index (χ3v) is 2.99. The minimum atomic E-state index is -0.305. The highest BCUT2D eigenvalue weighted by Gasteiger charge is 2.09. The van der Waals surface area contributed by atoms with E-state index in [-0.39, 0.29) is 18.5 Å². The van der Waals surface area contributed by atoms with Crippen LogP contribution in [0, 0.1) is 9.39 Å². The number of hydrogen-bond donors (Lipinski definition) is 3. The Hall–Kier alpha value is -0.560. The standard InChI is InChI=1S/C10H14FIN2O/c1-2-6(5-15)14-10-3-7(11)8(12)4-9(10)13/h3-4,6,14-15H,2,5,13H2,1H3. The molecule has 1 unspecified atom stereocenters. The Morgan fingerprint density at radius 3 is 2.80 bits per heavy atom. The SMILES string of the molecule is CCC(CO)Nc1cc(F)c(I)cc1N. The first-order valence-corrected chi connectivity index (χ1v) is 5.78. The van der Waals surface area contributed by atoms with E-state index >= 15 is 0 Å². The normalized spacial score (nSPS) is 12.5. The largest absolute Gasteiger partial charge is 0.397 e. The Bertz CT molecular complexity index is 342. The summed E-state index contributed by atoms with van der Waals surface area (Å²) in [6, 6.07) is 2.84. The monoisotopic (exact) mass is 324 g/mol. The number of nitrogens with one attached hydrogen (secondary N) is 1. The second-order valence-corrected chi connectivity index (χ2v) is 4.45.